The summed E-state index contributed by atoms with van der Waals surface area (Å²) in [7, 11) is 1.56. The molecule has 3 aromatic rings. The van der Waals surface area contributed by atoms with Crippen molar-refractivity contribution in [3.05, 3.63) is 63.3 Å². The van der Waals surface area contributed by atoms with Crippen molar-refractivity contribution >= 4 is 22.6 Å². The molecule has 2 aromatic heterocycles. The molecule has 182 valence electrons. The number of alkyl halides is 2. The number of piperazine rings is 1. The number of benzene rings is 1. The number of halogens is 2. The quantitative estimate of drug-likeness (QED) is 0.592. The molecule has 1 aliphatic rings. The number of H-pyrrole nitrogens is 1. The van der Waals surface area contributed by atoms with Gasteiger partial charge in [0.15, 0.2) is 0 Å². The number of anilines is 1. The fraction of sp³-hybridized carbons (Fsp3) is 0.417. The predicted octanol–water partition coefficient (Wildman–Crippen LogP) is 3.27. The molecule has 0 spiro atoms. The number of hydrogen-bond donors (Lipinski definition) is 2. The van der Waals surface area contributed by atoms with Crippen LogP contribution >= 0.6 is 0 Å². The lowest BCUT2D eigenvalue weighted by atomic mass is 10.0. The second-order valence-corrected chi connectivity index (χ2v) is 7.73. The molecule has 1 amide bonds. The summed E-state index contributed by atoms with van der Waals surface area (Å²) < 4.78 is 27.9. The molecule has 0 saturated carbocycles. The van der Waals surface area contributed by atoms with Gasteiger partial charge in [0.05, 0.1) is 22.9 Å². The van der Waals surface area contributed by atoms with Crippen LogP contribution in [0.5, 0.6) is 0 Å². The summed E-state index contributed by atoms with van der Waals surface area (Å²) in [6.07, 6.45) is -1.05. The number of rotatable bonds is 5. The van der Waals surface area contributed by atoms with Crippen molar-refractivity contribution in [2.45, 2.75) is 33.7 Å². The van der Waals surface area contributed by atoms with E-state index in [1.165, 1.54) is 0 Å². The number of aryl methyl sites for hydroxylation is 1. The van der Waals surface area contributed by atoms with Crippen LogP contribution in [-0.4, -0.2) is 59.0 Å². The maximum atomic E-state index is 13.9. The van der Waals surface area contributed by atoms with Crippen molar-refractivity contribution in [3.63, 3.8) is 0 Å². The van der Waals surface area contributed by atoms with Gasteiger partial charge in [-0.1, -0.05) is 19.9 Å². The molecule has 3 heterocycles. The number of pyridine rings is 1. The maximum absolute atomic E-state index is 13.9. The van der Waals surface area contributed by atoms with Crippen molar-refractivity contribution in [1.29, 1.82) is 0 Å². The highest BCUT2D eigenvalue weighted by atomic mass is 19.3. The minimum atomic E-state index is -2.72. The van der Waals surface area contributed by atoms with Gasteiger partial charge in [0, 0.05) is 45.3 Å². The van der Waals surface area contributed by atoms with Crippen LogP contribution in [0.3, 0.4) is 0 Å². The van der Waals surface area contributed by atoms with Gasteiger partial charge in [-0.25, -0.2) is 18.7 Å². The Morgan fingerprint density at radius 2 is 1.85 bits per heavy atom. The van der Waals surface area contributed by atoms with Crippen molar-refractivity contribution in [3.8, 4) is 0 Å². The molecule has 1 saturated heterocycles. The van der Waals surface area contributed by atoms with Gasteiger partial charge in [0.2, 0.25) is 0 Å². The molecule has 0 radical (unpaired) electrons. The van der Waals surface area contributed by atoms with Crippen LogP contribution in [0.2, 0.25) is 0 Å². The van der Waals surface area contributed by atoms with Crippen molar-refractivity contribution in [2.24, 2.45) is 0 Å². The Morgan fingerprint density at radius 3 is 2.44 bits per heavy atom. The molecule has 2 N–H and O–H groups in total. The van der Waals surface area contributed by atoms with Crippen LogP contribution in [0.4, 0.5) is 14.5 Å². The number of nitrogens with one attached hydrogen (secondary N) is 2. The van der Waals surface area contributed by atoms with Gasteiger partial charge in [-0.15, -0.1) is 0 Å². The largest absolute Gasteiger partial charge is 0.368 e. The van der Waals surface area contributed by atoms with Gasteiger partial charge < -0.3 is 15.2 Å². The zero-order valence-electron chi connectivity index (χ0n) is 19.9. The van der Waals surface area contributed by atoms with Crippen LogP contribution in [0.15, 0.2) is 35.3 Å². The summed E-state index contributed by atoms with van der Waals surface area (Å²) in [5.41, 5.74) is 1.85. The van der Waals surface area contributed by atoms with E-state index in [0.29, 0.717) is 49.5 Å². The lowest BCUT2D eigenvalue weighted by Crippen LogP contribution is -2.46. The van der Waals surface area contributed by atoms with Crippen molar-refractivity contribution in [1.82, 2.24) is 25.2 Å². The zero-order chi connectivity index (χ0) is 24.8. The Labute approximate surface area is 197 Å². The molecule has 1 fully saturated rings. The fourth-order valence-corrected chi connectivity index (χ4v) is 3.94. The smallest absolute Gasteiger partial charge is 0.269 e. The number of carbonyl (C=O) groups excluding carboxylic acids is 1. The average Bonchev–Trinajstić information content (AvgIpc) is 2.86. The Bertz CT molecular complexity index is 1190. The highest BCUT2D eigenvalue weighted by molar-refractivity contribution is 5.92. The number of carbonyl (C=O) groups is 1. The van der Waals surface area contributed by atoms with Gasteiger partial charge in [0.1, 0.15) is 11.4 Å². The first-order valence-electron chi connectivity index (χ1n) is 11.3. The second-order valence-electron chi connectivity index (χ2n) is 7.73. The van der Waals surface area contributed by atoms with E-state index >= 15 is 0 Å². The van der Waals surface area contributed by atoms with E-state index < -0.39 is 12.0 Å². The van der Waals surface area contributed by atoms with Gasteiger partial charge in [-0.2, -0.15) is 0 Å². The normalized spacial score (nSPS) is 14.1. The fourth-order valence-electron chi connectivity index (χ4n) is 3.94. The first kappa shape index (κ1) is 25.2. The number of hydrogen-bond acceptors (Lipinski definition) is 6. The third kappa shape index (κ3) is 5.39. The second kappa shape index (κ2) is 11.1. The molecule has 1 aliphatic heterocycles. The molecule has 10 heteroatoms. The molecule has 1 aromatic carbocycles. The molecule has 8 nitrogen and oxygen atoms in total. The molecular weight excluding hydrogens is 442 g/mol. The minimum absolute atomic E-state index is 0.106. The number of aromatic amines is 1. The minimum Gasteiger partial charge on any atom is -0.368 e. The molecule has 0 unspecified atom stereocenters. The molecule has 0 aliphatic carbocycles. The highest BCUT2D eigenvalue weighted by Gasteiger charge is 2.23. The predicted molar refractivity (Wildman–Crippen MR) is 129 cm³/mol. The van der Waals surface area contributed by atoms with Crippen molar-refractivity contribution in [2.75, 3.05) is 38.1 Å². The monoisotopic (exact) mass is 472 g/mol. The Hall–Kier alpha value is -3.40. The van der Waals surface area contributed by atoms with E-state index in [1.54, 1.807) is 38.4 Å². The summed E-state index contributed by atoms with van der Waals surface area (Å²) in [5, 5.41) is 2.54. The summed E-state index contributed by atoms with van der Waals surface area (Å²) >= 11 is 0. The summed E-state index contributed by atoms with van der Waals surface area (Å²) in [5.74, 6) is -0.238. The Kier molecular flexibility index (Phi) is 8.27. The van der Waals surface area contributed by atoms with Gasteiger partial charge in [-0.3, -0.25) is 14.5 Å². The van der Waals surface area contributed by atoms with Crippen LogP contribution in [-0.2, 0) is 6.54 Å². The number of nitrogens with zero attached hydrogens (tertiary/aromatic N) is 4. The molecule has 0 bridgehead atoms. The summed E-state index contributed by atoms with van der Waals surface area (Å²) in [4.78, 5) is 38.8. The summed E-state index contributed by atoms with van der Waals surface area (Å²) in [6.45, 7) is 8.68. The van der Waals surface area contributed by atoms with E-state index in [1.807, 2.05) is 19.9 Å². The maximum Gasteiger partial charge on any atom is 0.269 e. The lowest BCUT2D eigenvalue weighted by molar-refractivity contribution is 0.0958. The third-order valence-corrected chi connectivity index (χ3v) is 5.73. The van der Waals surface area contributed by atoms with E-state index in [9.17, 15) is 18.4 Å². The molecule has 4 rings (SSSR count). The van der Waals surface area contributed by atoms with Gasteiger partial charge >= 0.3 is 0 Å². The van der Waals surface area contributed by atoms with E-state index in [-0.39, 0.29) is 22.7 Å². The van der Waals surface area contributed by atoms with Crippen LogP contribution in [0.25, 0.3) is 11.0 Å². The van der Waals surface area contributed by atoms with Crippen LogP contribution in [0.1, 0.15) is 47.6 Å². The number of fused-ring (bicyclic) bond motifs is 1. The van der Waals surface area contributed by atoms with Crippen molar-refractivity contribution < 1.29 is 13.6 Å². The Morgan fingerprint density at radius 1 is 1.15 bits per heavy atom. The first-order valence-corrected chi connectivity index (χ1v) is 11.3. The Balaban J connectivity index is 0.00000158. The summed E-state index contributed by atoms with van der Waals surface area (Å²) in [6, 6.07) is 6.88. The SMILES string of the molecule is CC.CNC(=O)c1ccc(N2CCN(Cc3ccc4nc(C)c(=O)[nH]c4c3C(F)F)CC2)cn1. The number of aromatic nitrogens is 3. The average molecular weight is 473 g/mol. The molecule has 34 heavy (non-hydrogen) atoms. The van der Waals surface area contributed by atoms with Gasteiger partial charge in [-0.05, 0) is 30.7 Å². The lowest BCUT2D eigenvalue weighted by Gasteiger charge is -2.36. The molecule has 0 atom stereocenters. The van der Waals surface area contributed by atoms with E-state index in [0.717, 1.165) is 5.69 Å². The third-order valence-electron chi connectivity index (χ3n) is 5.73. The number of amides is 1. The van der Waals surface area contributed by atoms with Crippen LogP contribution in [0, 0.1) is 6.92 Å². The van der Waals surface area contributed by atoms with E-state index in [4.69, 9.17) is 0 Å². The standard InChI is InChI=1S/C22H24F2N6O2.C2H6/c1-13-21(31)28-19-16(27-13)5-3-14(18(19)20(23)24)12-29-7-9-30(10-8-29)15-4-6-17(26-11-15)22(32)25-2;1-2/h3-6,11,20H,7-10,12H2,1-2H3,(H,25,32)(H,28,31);1-2H3. The zero-order valence-corrected chi connectivity index (χ0v) is 19.9. The van der Waals surface area contributed by atoms with E-state index in [2.05, 4.69) is 30.1 Å². The highest BCUT2D eigenvalue weighted by Crippen LogP contribution is 2.30. The molecular formula is C24H30F2N6O2. The first-order chi connectivity index (χ1) is 16.4. The topological polar surface area (TPSA) is 94.2 Å². The van der Waals surface area contributed by atoms with Gasteiger partial charge in [0.25, 0.3) is 17.9 Å². The van der Waals surface area contributed by atoms with Crippen LogP contribution < -0.4 is 15.8 Å².